The molecule has 10 heteroatoms. The predicted octanol–water partition coefficient (Wildman–Crippen LogP) is 1.89. The minimum atomic E-state index is -4.95. The summed E-state index contributed by atoms with van der Waals surface area (Å²) in [6.45, 7) is -0.126. The Bertz CT molecular complexity index is 824. The Morgan fingerprint density at radius 2 is 1.83 bits per heavy atom. The molecule has 2 aromatic rings. The third-order valence-corrected chi connectivity index (χ3v) is 4.37. The normalized spacial score (nSPS) is 13.6. The fourth-order valence-corrected chi connectivity index (χ4v) is 2.76. The lowest BCUT2D eigenvalue weighted by Crippen LogP contribution is -2.46. The number of hydrogen-bond donors (Lipinski definition) is 3. The standard InChI is InChI=1S/C19H23F3N4O3/c1-26-13-12-25-17(26)18(29,19(20,21)22)9-11-23-15(27)8-5-10-24-16(28)14-6-3-2-4-7-14/h2-4,6-7,12-13,29H,5,8-11H2,1H3,(H,23,27)(H,24,28). The first-order valence-corrected chi connectivity index (χ1v) is 9.02. The molecule has 0 aliphatic carbocycles. The monoisotopic (exact) mass is 412 g/mol. The van der Waals surface area contributed by atoms with Crippen molar-refractivity contribution in [2.45, 2.75) is 31.0 Å². The quantitative estimate of drug-likeness (QED) is 0.548. The molecule has 3 N–H and O–H groups in total. The molecule has 0 spiro atoms. The van der Waals surface area contributed by atoms with Crippen molar-refractivity contribution in [2.24, 2.45) is 7.05 Å². The molecule has 29 heavy (non-hydrogen) atoms. The third-order valence-electron chi connectivity index (χ3n) is 4.37. The molecule has 0 saturated heterocycles. The van der Waals surface area contributed by atoms with Crippen LogP contribution in [0.2, 0.25) is 0 Å². The molecule has 2 amide bonds. The second-order valence-corrected chi connectivity index (χ2v) is 6.55. The lowest BCUT2D eigenvalue weighted by molar-refractivity contribution is -0.272. The highest BCUT2D eigenvalue weighted by molar-refractivity contribution is 5.94. The zero-order valence-electron chi connectivity index (χ0n) is 15.9. The molecule has 1 unspecified atom stereocenters. The van der Waals surface area contributed by atoms with Crippen molar-refractivity contribution in [3.05, 3.63) is 54.1 Å². The van der Waals surface area contributed by atoms with Gasteiger partial charge in [-0.2, -0.15) is 13.2 Å². The van der Waals surface area contributed by atoms with Crippen LogP contribution in [0.3, 0.4) is 0 Å². The van der Waals surface area contributed by atoms with Crippen LogP contribution in [-0.4, -0.2) is 45.7 Å². The molecule has 1 aromatic carbocycles. The van der Waals surface area contributed by atoms with Gasteiger partial charge in [-0.15, -0.1) is 0 Å². The minimum absolute atomic E-state index is 0.0297. The number of aliphatic hydroxyl groups is 1. The molecule has 0 fully saturated rings. The number of halogens is 3. The van der Waals surface area contributed by atoms with Crippen LogP contribution < -0.4 is 10.6 Å². The van der Waals surface area contributed by atoms with E-state index in [1.807, 2.05) is 0 Å². The van der Waals surface area contributed by atoms with Gasteiger partial charge in [0.05, 0.1) is 0 Å². The summed E-state index contributed by atoms with van der Waals surface area (Å²) < 4.78 is 41.2. The van der Waals surface area contributed by atoms with Crippen molar-refractivity contribution in [1.29, 1.82) is 0 Å². The van der Waals surface area contributed by atoms with E-state index in [1.54, 1.807) is 30.3 Å². The van der Waals surface area contributed by atoms with E-state index in [0.717, 1.165) is 10.8 Å². The Morgan fingerprint density at radius 1 is 1.14 bits per heavy atom. The number of hydrogen-bond acceptors (Lipinski definition) is 4. The summed E-state index contributed by atoms with van der Waals surface area (Å²) in [5.41, 5.74) is -2.67. The van der Waals surface area contributed by atoms with Crippen LogP contribution >= 0.6 is 0 Å². The van der Waals surface area contributed by atoms with Crippen LogP contribution in [0.5, 0.6) is 0 Å². The highest BCUT2D eigenvalue weighted by Gasteiger charge is 2.57. The molecule has 1 aromatic heterocycles. The highest BCUT2D eigenvalue weighted by Crippen LogP contribution is 2.40. The Kier molecular flexibility index (Phi) is 7.38. The number of imidazole rings is 1. The van der Waals surface area contributed by atoms with Gasteiger partial charge in [0.2, 0.25) is 11.5 Å². The van der Waals surface area contributed by atoms with Crippen molar-refractivity contribution >= 4 is 11.8 Å². The molecule has 0 aliphatic rings. The number of alkyl halides is 3. The van der Waals surface area contributed by atoms with Crippen molar-refractivity contribution in [3.63, 3.8) is 0 Å². The molecule has 0 radical (unpaired) electrons. The maximum absolute atomic E-state index is 13.4. The van der Waals surface area contributed by atoms with Crippen molar-refractivity contribution in [3.8, 4) is 0 Å². The summed E-state index contributed by atoms with van der Waals surface area (Å²) in [6.07, 6.45) is -2.89. The van der Waals surface area contributed by atoms with Gasteiger partial charge in [0.25, 0.3) is 5.91 Å². The van der Waals surface area contributed by atoms with Gasteiger partial charge in [-0.1, -0.05) is 18.2 Å². The van der Waals surface area contributed by atoms with E-state index in [4.69, 9.17) is 0 Å². The van der Waals surface area contributed by atoms with Crippen LogP contribution in [0.1, 0.15) is 35.4 Å². The maximum Gasteiger partial charge on any atom is 0.424 e. The summed E-state index contributed by atoms with van der Waals surface area (Å²) in [5.74, 6) is -1.28. The number of nitrogens with one attached hydrogen (secondary N) is 2. The van der Waals surface area contributed by atoms with Crippen LogP contribution in [-0.2, 0) is 17.4 Å². The molecular weight excluding hydrogens is 389 g/mol. The lowest BCUT2D eigenvalue weighted by Gasteiger charge is -2.30. The second kappa shape index (κ2) is 9.55. The number of aromatic nitrogens is 2. The van der Waals surface area contributed by atoms with E-state index in [1.165, 1.54) is 13.2 Å². The number of carbonyl (C=O) groups excluding carboxylic acids is 2. The Morgan fingerprint density at radius 3 is 2.41 bits per heavy atom. The first-order valence-electron chi connectivity index (χ1n) is 9.02. The van der Waals surface area contributed by atoms with Crippen LogP contribution in [0.4, 0.5) is 13.2 Å². The SMILES string of the molecule is Cn1ccnc1C(O)(CCNC(=O)CCCNC(=O)c1ccccc1)C(F)(F)F. The second-order valence-electron chi connectivity index (χ2n) is 6.55. The molecule has 2 rings (SSSR count). The number of carbonyl (C=O) groups is 2. The minimum Gasteiger partial charge on any atom is -0.374 e. The molecule has 0 bridgehead atoms. The fraction of sp³-hybridized carbons (Fsp3) is 0.421. The van der Waals surface area contributed by atoms with Crippen LogP contribution in [0.25, 0.3) is 0 Å². The number of benzene rings is 1. The van der Waals surface area contributed by atoms with Crippen molar-refractivity contribution in [1.82, 2.24) is 20.2 Å². The van der Waals surface area contributed by atoms with E-state index in [-0.39, 0.29) is 25.4 Å². The van der Waals surface area contributed by atoms with Gasteiger partial charge in [0.1, 0.15) is 5.82 Å². The van der Waals surface area contributed by atoms with E-state index in [2.05, 4.69) is 15.6 Å². The number of aryl methyl sites for hydroxylation is 1. The molecule has 1 heterocycles. The van der Waals surface area contributed by atoms with Crippen LogP contribution in [0.15, 0.2) is 42.7 Å². The van der Waals surface area contributed by atoms with Gasteiger partial charge in [-0.25, -0.2) is 4.98 Å². The molecule has 0 saturated carbocycles. The Balaban J connectivity index is 1.75. The summed E-state index contributed by atoms with van der Waals surface area (Å²) in [5, 5.41) is 15.2. The molecule has 158 valence electrons. The Labute approximate surface area is 165 Å². The molecule has 1 atom stereocenters. The van der Waals surface area contributed by atoms with Crippen molar-refractivity contribution < 1.29 is 27.9 Å². The van der Waals surface area contributed by atoms with Gasteiger partial charge in [0.15, 0.2) is 0 Å². The van der Waals surface area contributed by atoms with E-state index < -0.39 is 29.9 Å². The summed E-state index contributed by atoms with van der Waals surface area (Å²) >= 11 is 0. The van der Waals surface area contributed by atoms with Gasteiger partial charge in [-0.05, 0) is 18.6 Å². The van der Waals surface area contributed by atoms with E-state index >= 15 is 0 Å². The number of rotatable bonds is 9. The molecular formula is C19H23F3N4O3. The smallest absolute Gasteiger partial charge is 0.374 e. The van der Waals surface area contributed by atoms with Crippen LogP contribution in [0, 0.1) is 0 Å². The van der Waals surface area contributed by atoms with Gasteiger partial charge in [0, 0.05) is 50.9 Å². The summed E-state index contributed by atoms with van der Waals surface area (Å²) in [6, 6.07) is 8.57. The maximum atomic E-state index is 13.4. The lowest BCUT2D eigenvalue weighted by atomic mass is 9.97. The third kappa shape index (κ3) is 5.80. The van der Waals surface area contributed by atoms with E-state index in [0.29, 0.717) is 12.0 Å². The van der Waals surface area contributed by atoms with E-state index in [9.17, 15) is 27.9 Å². The number of nitrogens with zero attached hydrogens (tertiary/aromatic N) is 2. The average molecular weight is 412 g/mol. The summed E-state index contributed by atoms with van der Waals surface area (Å²) in [4.78, 5) is 27.3. The zero-order chi connectivity index (χ0) is 21.5. The fourth-order valence-electron chi connectivity index (χ4n) is 2.76. The van der Waals surface area contributed by atoms with Crippen molar-refractivity contribution in [2.75, 3.05) is 13.1 Å². The van der Waals surface area contributed by atoms with Gasteiger partial charge < -0.3 is 20.3 Å². The first kappa shape index (κ1) is 22.4. The largest absolute Gasteiger partial charge is 0.424 e. The Hall–Kier alpha value is -2.88. The first-order chi connectivity index (χ1) is 13.6. The zero-order valence-corrected chi connectivity index (χ0v) is 15.9. The van der Waals surface area contributed by atoms with Gasteiger partial charge in [-0.3, -0.25) is 9.59 Å². The predicted molar refractivity (Wildman–Crippen MR) is 98.8 cm³/mol. The summed E-state index contributed by atoms with van der Waals surface area (Å²) in [7, 11) is 1.35. The topological polar surface area (TPSA) is 96.2 Å². The molecule has 0 aliphatic heterocycles. The molecule has 7 nitrogen and oxygen atoms in total. The highest BCUT2D eigenvalue weighted by atomic mass is 19.4. The van der Waals surface area contributed by atoms with Gasteiger partial charge >= 0.3 is 6.18 Å². The number of amides is 2. The average Bonchev–Trinajstić information content (AvgIpc) is 3.11.